The van der Waals surface area contributed by atoms with Crippen molar-refractivity contribution in [2.45, 2.75) is 30.8 Å². The summed E-state index contributed by atoms with van der Waals surface area (Å²) in [4.78, 5) is 39.0. The summed E-state index contributed by atoms with van der Waals surface area (Å²) in [5.41, 5.74) is 0.868. The van der Waals surface area contributed by atoms with Gasteiger partial charge in [-0.05, 0) is 30.9 Å². The lowest BCUT2D eigenvalue weighted by Gasteiger charge is -2.20. The number of benzene rings is 1. The van der Waals surface area contributed by atoms with Crippen LogP contribution in [0.2, 0.25) is 0 Å². The van der Waals surface area contributed by atoms with E-state index in [-0.39, 0.29) is 19.5 Å². The van der Waals surface area contributed by atoms with Gasteiger partial charge in [-0.25, -0.2) is 4.79 Å². The minimum atomic E-state index is -1.09. The summed E-state index contributed by atoms with van der Waals surface area (Å²) in [6, 6.07) is 6.29. The second-order valence-corrected chi connectivity index (χ2v) is 5.83. The lowest BCUT2D eigenvalue weighted by atomic mass is 10.1. The molecule has 0 aromatic heterocycles. The summed E-state index contributed by atoms with van der Waals surface area (Å²) >= 11 is 1.61. The van der Waals surface area contributed by atoms with Gasteiger partial charge in [-0.3, -0.25) is 14.5 Å². The maximum absolute atomic E-state index is 12.3. The highest BCUT2D eigenvalue weighted by Crippen LogP contribution is 2.24. The highest BCUT2D eigenvalue weighted by molar-refractivity contribution is 7.98. The SMILES string of the molecule is CCN1C(=O)[C@H](CC(=O)O)N(Cc2ccc(SC)cc2)C1=O. The van der Waals surface area contributed by atoms with Crippen LogP contribution in [0.15, 0.2) is 29.2 Å². The third-order valence-corrected chi connectivity index (χ3v) is 4.34. The number of carboxylic acids is 1. The topological polar surface area (TPSA) is 77.9 Å². The molecule has 0 radical (unpaired) electrons. The lowest BCUT2D eigenvalue weighted by molar-refractivity contribution is -0.141. The van der Waals surface area contributed by atoms with E-state index in [1.54, 1.807) is 18.7 Å². The van der Waals surface area contributed by atoms with E-state index < -0.39 is 23.9 Å². The van der Waals surface area contributed by atoms with Crippen molar-refractivity contribution < 1.29 is 19.5 Å². The molecule has 0 saturated carbocycles. The van der Waals surface area contributed by atoms with E-state index in [1.807, 2.05) is 30.5 Å². The quantitative estimate of drug-likeness (QED) is 0.640. The lowest BCUT2D eigenvalue weighted by Crippen LogP contribution is -2.36. The minimum absolute atomic E-state index is 0.230. The van der Waals surface area contributed by atoms with Crippen molar-refractivity contribution in [2.24, 2.45) is 0 Å². The van der Waals surface area contributed by atoms with E-state index in [9.17, 15) is 14.4 Å². The number of hydrogen-bond donors (Lipinski definition) is 1. The normalized spacial score (nSPS) is 18.2. The van der Waals surface area contributed by atoms with Gasteiger partial charge in [-0.15, -0.1) is 11.8 Å². The summed E-state index contributed by atoms with van der Waals surface area (Å²) in [5, 5.41) is 8.98. The first-order valence-electron chi connectivity index (χ1n) is 6.94. The predicted octanol–water partition coefficient (Wildman–Crippen LogP) is 2.04. The van der Waals surface area contributed by atoms with Gasteiger partial charge in [-0.2, -0.15) is 0 Å². The van der Waals surface area contributed by atoms with E-state index in [0.717, 1.165) is 15.4 Å². The summed E-state index contributed by atoms with van der Waals surface area (Å²) in [6.45, 7) is 2.17. The van der Waals surface area contributed by atoms with Crippen LogP contribution >= 0.6 is 11.8 Å². The molecule has 0 bridgehead atoms. The van der Waals surface area contributed by atoms with Crippen molar-refractivity contribution >= 4 is 29.7 Å². The number of rotatable bonds is 6. The van der Waals surface area contributed by atoms with Gasteiger partial charge in [0.2, 0.25) is 0 Å². The molecule has 6 nitrogen and oxygen atoms in total. The molecule has 22 heavy (non-hydrogen) atoms. The highest BCUT2D eigenvalue weighted by atomic mass is 32.2. The molecular weight excluding hydrogens is 304 g/mol. The van der Waals surface area contributed by atoms with E-state index in [1.165, 1.54) is 4.90 Å². The Balaban J connectivity index is 2.22. The number of likely N-dealkylation sites (N-methyl/N-ethyl adjacent to an activating group) is 1. The molecule has 7 heteroatoms. The average Bonchev–Trinajstić information content (AvgIpc) is 2.71. The third kappa shape index (κ3) is 3.24. The number of imide groups is 1. The number of carbonyl (C=O) groups is 3. The van der Waals surface area contributed by atoms with Gasteiger partial charge < -0.3 is 10.0 Å². The molecule has 1 N–H and O–H groups in total. The predicted molar refractivity (Wildman–Crippen MR) is 82.6 cm³/mol. The molecule has 0 aliphatic carbocycles. The van der Waals surface area contributed by atoms with Gasteiger partial charge >= 0.3 is 12.0 Å². The molecule has 1 aliphatic heterocycles. The molecule has 1 fully saturated rings. The van der Waals surface area contributed by atoms with E-state index in [2.05, 4.69) is 0 Å². The Morgan fingerprint density at radius 1 is 1.27 bits per heavy atom. The van der Waals surface area contributed by atoms with Crippen molar-refractivity contribution in [2.75, 3.05) is 12.8 Å². The Kier molecular flexibility index (Phi) is 5.07. The van der Waals surface area contributed by atoms with Crippen LogP contribution < -0.4 is 0 Å². The van der Waals surface area contributed by atoms with Crippen molar-refractivity contribution in [3.05, 3.63) is 29.8 Å². The fourth-order valence-corrected chi connectivity index (χ4v) is 2.86. The number of nitrogens with zero attached hydrogens (tertiary/aromatic N) is 2. The van der Waals surface area contributed by atoms with Crippen molar-refractivity contribution in [1.82, 2.24) is 9.80 Å². The number of carbonyl (C=O) groups excluding carboxylic acids is 2. The number of aliphatic carboxylic acids is 1. The minimum Gasteiger partial charge on any atom is -0.481 e. The monoisotopic (exact) mass is 322 g/mol. The zero-order valence-corrected chi connectivity index (χ0v) is 13.3. The van der Waals surface area contributed by atoms with Gasteiger partial charge in [0.15, 0.2) is 0 Å². The Morgan fingerprint density at radius 2 is 1.91 bits per heavy atom. The molecule has 1 heterocycles. The number of hydrogen-bond acceptors (Lipinski definition) is 4. The first kappa shape index (κ1) is 16.4. The van der Waals surface area contributed by atoms with Crippen LogP contribution in [0.1, 0.15) is 18.9 Å². The summed E-state index contributed by atoms with van der Waals surface area (Å²) in [6.07, 6.45) is 1.60. The Labute approximate surface area is 133 Å². The van der Waals surface area contributed by atoms with Crippen LogP contribution in [0.4, 0.5) is 4.79 Å². The fourth-order valence-electron chi connectivity index (χ4n) is 2.46. The second kappa shape index (κ2) is 6.83. The number of amides is 3. The summed E-state index contributed by atoms with van der Waals surface area (Å²) in [5.74, 6) is -1.53. The van der Waals surface area contributed by atoms with Gasteiger partial charge in [-0.1, -0.05) is 12.1 Å². The molecule has 1 saturated heterocycles. The molecule has 118 valence electrons. The van der Waals surface area contributed by atoms with Crippen LogP contribution in [-0.4, -0.2) is 51.7 Å². The van der Waals surface area contributed by atoms with Crippen molar-refractivity contribution in [3.63, 3.8) is 0 Å². The second-order valence-electron chi connectivity index (χ2n) is 4.95. The maximum Gasteiger partial charge on any atom is 0.327 e. The average molecular weight is 322 g/mol. The summed E-state index contributed by atoms with van der Waals surface area (Å²) < 4.78 is 0. The largest absolute Gasteiger partial charge is 0.481 e. The molecule has 0 spiro atoms. The van der Waals surface area contributed by atoms with E-state index >= 15 is 0 Å². The molecule has 3 amide bonds. The van der Waals surface area contributed by atoms with Crippen molar-refractivity contribution in [3.8, 4) is 0 Å². The molecular formula is C15H18N2O4S. The standard InChI is InChI=1S/C15H18N2O4S/c1-3-16-14(20)12(8-13(18)19)17(15(16)21)9-10-4-6-11(22-2)7-5-10/h4-7,12H,3,8-9H2,1-2H3,(H,18,19)/t12-/m0/s1. The number of urea groups is 1. The van der Waals surface area contributed by atoms with Gasteiger partial charge in [0, 0.05) is 18.0 Å². The van der Waals surface area contributed by atoms with Gasteiger partial charge in [0.25, 0.3) is 5.91 Å². The van der Waals surface area contributed by atoms with E-state index in [4.69, 9.17) is 5.11 Å². The molecule has 2 rings (SSSR count). The van der Waals surface area contributed by atoms with Gasteiger partial charge in [0.05, 0.1) is 6.42 Å². The zero-order chi connectivity index (χ0) is 16.3. The van der Waals surface area contributed by atoms with Crippen LogP contribution in [-0.2, 0) is 16.1 Å². The maximum atomic E-state index is 12.3. The van der Waals surface area contributed by atoms with Crippen molar-refractivity contribution in [1.29, 1.82) is 0 Å². The smallest absolute Gasteiger partial charge is 0.327 e. The summed E-state index contributed by atoms with van der Waals surface area (Å²) in [7, 11) is 0. The first-order valence-corrected chi connectivity index (χ1v) is 8.17. The zero-order valence-electron chi connectivity index (χ0n) is 12.5. The highest BCUT2D eigenvalue weighted by Gasteiger charge is 2.45. The van der Waals surface area contributed by atoms with Gasteiger partial charge in [0.1, 0.15) is 6.04 Å². The Hall–Kier alpha value is -2.02. The van der Waals surface area contributed by atoms with E-state index in [0.29, 0.717) is 0 Å². The molecule has 1 atom stereocenters. The number of thioether (sulfide) groups is 1. The van der Waals surface area contributed by atoms with Crippen LogP contribution in [0.25, 0.3) is 0 Å². The van der Waals surface area contributed by atoms with Crippen LogP contribution in [0.3, 0.4) is 0 Å². The Morgan fingerprint density at radius 3 is 2.41 bits per heavy atom. The fraction of sp³-hybridized carbons (Fsp3) is 0.400. The van der Waals surface area contributed by atoms with Crippen LogP contribution in [0.5, 0.6) is 0 Å². The molecule has 1 aliphatic rings. The molecule has 1 aromatic rings. The Bertz CT molecular complexity index is 588. The molecule has 1 aromatic carbocycles. The number of carboxylic acid groups (broad SMARTS) is 1. The van der Waals surface area contributed by atoms with Crippen LogP contribution in [0, 0.1) is 0 Å². The molecule has 0 unspecified atom stereocenters. The first-order chi connectivity index (χ1) is 10.5. The third-order valence-electron chi connectivity index (χ3n) is 3.60.